The van der Waals surface area contributed by atoms with E-state index in [2.05, 4.69) is 16.4 Å². The predicted octanol–water partition coefficient (Wildman–Crippen LogP) is 4.69. The summed E-state index contributed by atoms with van der Waals surface area (Å²) in [7, 11) is 0. The van der Waals surface area contributed by atoms with Crippen molar-refractivity contribution < 1.29 is 13.2 Å². The average molecular weight is 348 g/mol. The first-order valence-corrected chi connectivity index (χ1v) is 7.86. The highest BCUT2D eigenvalue weighted by molar-refractivity contribution is 7.80. The number of hydrogen-bond donors (Lipinski definition) is 2. The monoisotopic (exact) mass is 348 g/mol. The third-order valence-corrected chi connectivity index (χ3v) is 4.21. The summed E-state index contributed by atoms with van der Waals surface area (Å²) < 4.78 is 37.7. The second kappa shape index (κ2) is 6.65. The van der Waals surface area contributed by atoms with Crippen molar-refractivity contribution in [3.63, 3.8) is 0 Å². The van der Waals surface area contributed by atoms with Crippen molar-refractivity contribution in [2.75, 3.05) is 6.54 Å². The molecule has 0 unspecified atom stereocenters. The summed E-state index contributed by atoms with van der Waals surface area (Å²) in [6.07, 6.45) is -1.60. The van der Waals surface area contributed by atoms with E-state index in [0.29, 0.717) is 17.1 Å². The van der Waals surface area contributed by atoms with Gasteiger partial charge in [0.25, 0.3) is 0 Å². The Morgan fingerprint density at radius 3 is 2.46 bits per heavy atom. The number of hydrogen-bond acceptors (Lipinski definition) is 1. The molecule has 0 amide bonds. The fourth-order valence-corrected chi connectivity index (χ4v) is 2.80. The first-order valence-electron chi connectivity index (χ1n) is 7.45. The van der Waals surface area contributed by atoms with E-state index >= 15 is 0 Å². The van der Waals surface area contributed by atoms with Gasteiger partial charge in [0.15, 0.2) is 0 Å². The Bertz CT molecular complexity index is 851. The molecule has 2 aromatic carbocycles. The molecule has 24 heavy (non-hydrogen) atoms. The first kappa shape index (κ1) is 16.5. The SMILES string of the molecule is FC(F)(F)c1ccc(C(=S)NCCc2c[nH]c3ccccc23)cc1. The maximum atomic E-state index is 12.6. The highest BCUT2D eigenvalue weighted by Gasteiger charge is 2.30. The maximum Gasteiger partial charge on any atom is 0.416 e. The van der Waals surface area contributed by atoms with Gasteiger partial charge in [-0.05, 0) is 30.2 Å². The van der Waals surface area contributed by atoms with Crippen LogP contribution in [-0.4, -0.2) is 16.5 Å². The summed E-state index contributed by atoms with van der Waals surface area (Å²) in [6.45, 7) is 0.613. The van der Waals surface area contributed by atoms with Crippen molar-refractivity contribution >= 4 is 28.1 Å². The zero-order valence-electron chi connectivity index (χ0n) is 12.7. The molecule has 0 radical (unpaired) electrons. The molecule has 0 saturated heterocycles. The number of rotatable bonds is 4. The fraction of sp³-hybridized carbons (Fsp3) is 0.167. The van der Waals surface area contributed by atoms with E-state index in [1.807, 2.05) is 24.4 Å². The zero-order valence-corrected chi connectivity index (χ0v) is 13.5. The molecule has 2 nitrogen and oxygen atoms in total. The molecular formula is C18H15F3N2S. The van der Waals surface area contributed by atoms with Gasteiger partial charge >= 0.3 is 6.18 Å². The van der Waals surface area contributed by atoms with Gasteiger partial charge in [-0.25, -0.2) is 0 Å². The lowest BCUT2D eigenvalue weighted by molar-refractivity contribution is -0.137. The van der Waals surface area contributed by atoms with Crippen molar-refractivity contribution in [1.82, 2.24) is 10.3 Å². The summed E-state index contributed by atoms with van der Waals surface area (Å²) in [5, 5.41) is 4.26. The van der Waals surface area contributed by atoms with Crippen molar-refractivity contribution in [1.29, 1.82) is 0 Å². The largest absolute Gasteiger partial charge is 0.416 e. The van der Waals surface area contributed by atoms with Crippen LogP contribution in [0, 0.1) is 0 Å². The Hall–Kier alpha value is -2.34. The summed E-state index contributed by atoms with van der Waals surface area (Å²) in [5.74, 6) is 0. The lowest BCUT2D eigenvalue weighted by Gasteiger charge is -2.10. The van der Waals surface area contributed by atoms with Crippen LogP contribution in [0.1, 0.15) is 16.7 Å². The summed E-state index contributed by atoms with van der Waals surface area (Å²) in [6, 6.07) is 12.9. The lowest BCUT2D eigenvalue weighted by atomic mass is 10.1. The zero-order chi connectivity index (χ0) is 17.2. The molecule has 0 saturated carbocycles. The topological polar surface area (TPSA) is 27.8 Å². The molecule has 6 heteroatoms. The lowest BCUT2D eigenvalue weighted by Crippen LogP contribution is -2.24. The van der Waals surface area contributed by atoms with E-state index in [-0.39, 0.29) is 0 Å². The molecule has 0 aliphatic carbocycles. The van der Waals surface area contributed by atoms with Crippen LogP contribution < -0.4 is 5.32 Å². The second-order valence-electron chi connectivity index (χ2n) is 5.44. The van der Waals surface area contributed by atoms with E-state index in [4.69, 9.17) is 12.2 Å². The van der Waals surface area contributed by atoms with Gasteiger partial charge in [-0.15, -0.1) is 0 Å². The molecule has 1 aromatic heterocycles. The molecular weight excluding hydrogens is 333 g/mol. The second-order valence-corrected chi connectivity index (χ2v) is 5.85. The highest BCUT2D eigenvalue weighted by atomic mass is 32.1. The summed E-state index contributed by atoms with van der Waals surface area (Å²) in [5.41, 5.74) is 2.16. The molecule has 0 bridgehead atoms. The van der Waals surface area contributed by atoms with Crippen LogP contribution in [0.25, 0.3) is 10.9 Å². The Labute approximate surface area is 142 Å². The Morgan fingerprint density at radius 2 is 1.75 bits per heavy atom. The minimum Gasteiger partial charge on any atom is -0.375 e. The molecule has 124 valence electrons. The number of aromatic amines is 1. The molecule has 3 rings (SSSR count). The van der Waals surface area contributed by atoms with Crippen LogP contribution in [-0.2, 0) is 12.6 Å². The Balaban J connectivity index is 1.59. The van der Waals surface area contributed by atoms with Crippen molar-refractivity contribution in [3.05, 3.63) is 71.4 Å². The van der Waals surface area contributed by atoms with Crippen LogP contribution in [0.4, 0.5) is 13.2 Å². The molecule has 0 fully saturated rings. The van der Waals surface area contributed by atoms with Crippen LogP contribution in [0.3, 0.4) is 0 Å². The minimum atomic E-state index is -4.33. The predicted molar refractivity (Wildman–Crippen MR) is 93.1 cm³/mol. The van der Waals surface area contributed by atoms with Gasteiger partial charge in [0, 0.05) is 29.2 Å². The number of fused-ring (bicyclic) bond motifs is 1. The molecule has 0 spiro atoms. The van der Waals surface area contributed by atoms with Gasteiger partial charge in [-0.1, -0.05) is 42.5 Å². The number of halogens is 3. The van der Waals surface area contributed by atoms with E-state index in [1.54, 1.807) is 0 Å². The summed E-state index contributed by atoms with van der Waals surface area (Å²) >= 11 is 5.25. The average Bonchev–Trinajstić information content (AvgIpc) is 2.97. The summed E-state index contributed by atoms with van der Waals surface area (Å²) in [4.78, 5) is 3.66. The van der Waals surface area contributed by atoms with Crippen LogP contribution in [0.15, 0.2) is 54.7 Å². The third-order valence-electron chi connectivity index (χ3n) is 3.83. The quantitative estimate of drug-likeness (QED) is 0.669. The maximum absolute atomic E-state index is 12.6. The van der Waals surface area contributed by atoms with E-state index in [1.165, 1.54) is 23.1 Å². The van der Waals surface area contributed by atoms with Gasteiger partial charge in [-0.2, -0.15) is 13.2 Å². The van der Waals surface area contributed by atoms with Gasteiger partial charge in [0.1, 0.15) is 4.99 Å². The fourth-order valence-electron chi connectivity index (χ4n) is 2.56. The number of benzene rings is 2. The van der Waals surface area contributed by atoms with Gasteiger partial charge in [0.05, 0.1) is 5.56 Å². The standard InChI is InChI=1S/C18H15F3N2S/c19-18(20,21)14-7-5-12(6-8-14)17(24)22-10-9-13-11-23-16-4-2-1-3-15(13)16/h1-8,11,23H,9-10H2,(H,22,24). The molecule has 1 heterocycles. The number of thiocarbonyl (C=S) groups is 1. The Morgan fingerprint density at radius 1 is 1.04 bits per heavy atom. The molecule has 0 atom stereocenters. The molecule has 0 aliphatic rings. The van der Waals surface area contributed by atoms with Gasteiger partial charge < -0.3 is 10.3 Å². The van der Waals surface area contributed by atoms with Crippen LogP contribution in [0.5, 0.6) is 0 Å². The van der Waals surface area contributed by atoms with Crippen molar-refractivity contribution in [2.24, 2.45) is 0 Å². The smallest absolute Gasteiger partial charge is 0.375 e. The molecule has 3 aromatic rings. The van der Waals surface area contributed by atoms with Crippen molar-refractivity contribution in [3.8, 4) is 0 Å². The van der Waals surface area contributed by atoms with E-state index < -0.39 is 11.7 Å². The Kier molecular flexibility index (Phi) is 4.57. The molecule has 0 aliphatic heterocycles. The van der Waals surface area contributed by atoms with E-state index in [9.17, 15) is 13.2 Å². The van der Waals surface area contributed by atoms with Gasteiger partial charge in [0.2, 0.25) is 0 Å². The highest BCUT2D eigenvalue weighted by Crippen LogP contribution is 2.29. The van der Waals surface area contributed by atoms with Crippen LogP contribution in [0.2, 0.25) is 0 Å². The number of H-pyrrole nitrogens is 1. The first-order chi connectivity index (χ1) is 11.4. The number of para-hydroxylation sites is 1. The van der Waals surface area contributed by atoms with Crippen molar-refractivity contribution in [2.45, 2.75) is 12.6 Å². The minimum absolute atomic E-state index is 0.448. The third kappa shape index (κ3) is 3.59. The number of aromatic nitrogens is 1. The van der Waals surface area contributed by atoms with E-state index in [0.717, 1.165) is 24.1 Å². The van der Waals surface area contributed by atoms with Gasteiger partial charge in [-0.3, -0.25) is 0 Å². The number of nitrogens with one attached hydrogen (secondary N) is 2. The molecule has 2 N–H and O–H groups in total. The normalized spacial score (nSPS) is 11.6. The number of alkyl halides is 3. The van der Waals surface area contributed by atoms with Crippen LogP contribution >= 0.6 is 12.2 Å².